The standard InChI is InChI=1S/C25H39NO8/c1-8-20(27)31-13-17(3)33-22(29)10-19-11-24(5,6)15-25(7,12-19)16-26-23(30)34-18(4)14-32-21(28)9-2/h8-9,17-19H,1-2,10-16H2,3-7H3,(H,26,30). The van der Waals surface area contributed by atoms with Crippen LogP contribution >= 0.6 is 0 Å². The van der Waals surface area contributed by atoms with Crippen molar-refractivity contribution in [1.82, 2.24) is 5.32 Å². The third kappa shape index (κ3) is 11.3. The fourth-order valence-corrected chi connectivity index (χ4v) is 4.73. The minimum atomic E-state index is -0.602. The highest BCUT2D eigenvalue weighted by molar-refractivity contribution is 5.81. The van der Waals surface area contributed by atoms with Crippen LogP contribution in [-0.4, -0.2) is 56.0 Å². The van der Waals surface area contributed by atoms with E-state index in [-0.39, 0.29) is 42.4 Å². The molecule has 1 aliphatic carbocycles. The first-order chi connectivity index (χ1) is 15.8. The van der Waals surface area contributed by atoms with Gasteiger partial charge in [0.1, 0.15) is 25.4 Å². The van der Waals surface area contributed by atoms with E-state index in [2.05, 4.69) is 39.2 Å². The Morgan fingerprint density at radius 1 is 0.941 bits per heavy atom. The summed E-state index contributed by atoms with van der Waals surface area (Å²) < 4.78 is 20.4. The van der Waals surface area contributed by atoms with Gasteiger partial charge in [-0.15, -0.1) is 0 Å². The molecule has 0 aromatic carbocycles. The maximum atomic E-state index is 12.5. The monoisotopic (exact) mass is 481 g/mol. The van der Waals surface area contributed by atoms with Gasteiger partial charge in [-0.25, -0.2) is 14.4 Å². The molecule has 0 saturated heterocycles. The Hall–Kier alpha value is -2.84. The molecule has 0 aromatic rings. The molecule has 0 radical (unpaired) electrons. The van der Waals surface area contributed by atoms with Crippen LogP contribution in [0.25, 0.3) is 0 Å². The molecule has 9 nitrogen and oxygen atoms in total. The van der Waals surface area contributed by atoms with Gasteiger partial charge in [0, 0.05) is 25.1 Å². The molecule has 192 valence electrons. The van der Waals surface area contributed by atoms with Crippen molar-refractivity contribution in [2.75, 3.05) is 19.8 Å². The van der Waals surface area contributed by atoms with Gasteiger partial charge in [0.2, 0.25) is 0 Å². The normalized spacial score (nSPS) is 22.9. The predicted octanol–water partition coefficient (Wildman–Crippen LogP) is 3.71. The molecule has 0 heterocycles. The van der Waals surface area contributed by atoms with Gasteiger partial charge < -0.3 is 24.3 Å². The van der Waals surface area contributed by atoms with Gasteiger partial charge in [0.05, 0.1) is 0 Å². The van der Waals surface area contributed by atoms with Crippen LogP contribution in [0.3, 0.4) is 0 Å². The molecule has 9 heteroatoms. The summed E-state index contributed by atoms with van der Waals surface area (Å²) >= 11 is 0. The van der Waals surface area contributed by atoms with Gasteiger partial charge in [-0.1, -0.05) is 33.9 Å². The summed E-state index contributed by atoms with van der Waals surface area (Å²) in [6.45, 7) is 16.6. The van der Waals surface area contributed by atoms with E-state index in [1.807, 2.05) is 0 Å². The van der Waals surface area contributed by atoms with E-state index in [1.165, 1.54) is 0 Å². The second-order valence-corrected chi connectivity index (χ2v) is 10.2. The zero-order valence-corrected chi connectivity index (χ0v) is 21.0. The molecule has 0 aliphatic heterocycles. The Morgan fingerprint density at radius 3 is 2.00 bits per heavy atom. The van der Waals surface area contributed by atoms with Gasteiger partial charge in [-0.3, -0.25) is 4.79 Å². The zero-order valence-electron chi connectivity index (χ0n) is 21.0. The molecule has 4 unspecified atom stereocenters. The van der Waals surface area contributed by atoms with Gasteiger partial charge >= 0.3 is 24.0 Å². The van der Waals surface area contributed by atoms with Gasteiger partial charge in [0.15, 0.2) is 0 Å². The van der Waals surface area contributed by atoms with Crippen LogP contribution in [0, 0.1) is 16.7 Å². The van der Waals surface area contributed by atoms with Crippen LogP contribution in [0.1, 0.15) is 60.3 Å². The number of esters is 3. The van der Waals surface area contributed by atoms with Crippen molar-refractivity contribution in [3.8, 4) is 0 Å². The number of hydrogen-bond acceptors (Lipinski definition) is 8. The first-order valence-electron chi connectivity index (χ1n) is 11.5. The Bertz CT molecular complexity index is 762. The maximum Gasteiger partial charge on any atom is 0.407 e. The number of hydrogen-bond donors (Lipinski definition) is 1. The molecule has 1 N–H and O–H groups in total. The van der Waals surface area contributed by atoms with Gasteiger partial charge in [-0.05, 0) is 49.9 Å². The highest BCUT2D eigenvalue weighted by Gasteiger charge is 2.42. The molecule has 0 spiro atoms. The van der Waals surface area contributed by atoms with E-state index in [1.54, 1.807) is 13.8 Å². The fourth-order valence-electron chi connectivity index (χ4n) is 4.73. The summed E-state index contributed by atoms with van der Waals surface area (Å²) in [5.74, 6) is -1.41. The first kappa shape index (κ1) is 29.2. The van der Waals surface area contributed by atoms with Crippen LogP contribution in [0.4, 0.5) is 4.79 Å². The molecule has 0 aromatic heterocycles. The van der Waals surface area contributed by atoms with Crippen molar-refractivity contribution in [1.29, 1.82) is 0 Å². The number of alkyl carbamates (subject to hydrolysis) is 1. The SMILES string of the molecule is C=CC(=O)OCC(C)OC(=O)CC1CC(C)(C)CC(C)(CNC(=O)OC(C)COC(=O)C=C)C1. The Kier molecular flexibility index (Phi) is 11.3. The minimum absolute atomic E-state index is 0.0261. The second kappa shape index (κ2) is 13.2. The average molecular weight is 482 g/mol. The molecule has 1 aliphatic rings. The van der Waals surface area contributed by atoms with Crippen LogP contribution in [-0.2, 0) is 33.3 Å². The third-order valence-corrected chi connectivity index (χ3v) is 5.54. The average Bonchev–Trinajstić information content (AvgIpc) is 2.72. The van der Waals surface area contributed by atoms with E-state index in [9.17, 15) is 19.2 Å². The van der Waals surface area contributed by atoms with E-state index < -0.39 is 30.2 Å². The van der Waals surface area contributed by atoms with Gasteiger partial charge in [0.25, 0.3) is 0 Å². The predicted molar refractivity (Wildman–Crippen MR) is 126 cm³/mol. The smallest absolute Gasteiger partial charge is 0.407 e. The summed E-state index contributed by atoms with van der Waals surface area (Å²) in [6.07, 6.45) is 3.06. The quantitative estimate of drug-likeness (QED) is 0.255. The fraction of sp³-hybridized carbons (Fsp3) is 0.680. The van der Waals surface area contributed by atoms with E-state index in [0.29, 0.717) is 6.54 Å². The molecule has 1 rings (SSSR count). The van der Waals surface area contributed by atoms with Crippen molar-refractivity contribution in [3.63, 3.8) is 0 Å². The first-order valence-corrected chi connectivity index (χ1v) is 11.5. The van der Waals surface area contributed by atoms with Crippen molar-refractivity contribution in [2.45, 2.75) is 72.5 Å². The van der Waals surface area contributed by atoms with Crippen LogP contribution < -0.4 is 5.32 Å². The minimum Gasteiger partial charge on any atom is -0.459 e. The number of carbonyl (C=O) groups excluding carboxylic acids is 4. The number of ether oxygens (including phenoxy) is 4. The molecule has 1 saturated carbocycles. The number of amides is 1. The van der Waals surface area contributed by atoms with Crippen LogP contribution in [0.15, 0.2) is 25.3 Å². The number of carbonyl (C=O) groups is 4. The second-order valence-electron chi connectivity index (χ2n) is 10.2. The van der Waals surface area contributed by atoms with Crippen molar-refractivity contribution in [2.24, 2.45) is 16.7 Å². The lowest BCUT2D eigenvalue weighted by Gasteiger charge is -2.46. The number of rotatable bonds is 12. The Morgan fingerprint density at radius 2 is 1.47 bits per heavy atom. The molecule has 1 fully saturated rings. The maximum absolute atomic E-state index is 12.5. The molecule has 34 heavy (non-hydrogen) atoms. The lowest BCUT2D eigenvalue weighted by Crippen LogP contribution is -2.44. The van der Waals surface area contributed by atoms with Crippen molar-refractivity contribution in [3.05, 3.63) is 25.3 Å². The molecule has 1 amide bonds. The van der Waals surface area contributed by atoms with E-state index in [0.717, 1.165) is 31.4 Å². The third-order valence-electron chi connectivity index (χ3n) is 5.54. The summed E-state index contributed by atoms with van der Waals surface area (Å²) in [5, 5.41) is 2.81. The summed E-state index contributed by atoms with van der Waals surface area (Å²) in [6, 6.07) is 0. The molecule has 0 bridgehead atoms. The highest BCUT2D eigenvalue weighted by Crippen LogP contribution is 2.49. The van der Waals surface area contributed by atoms with E-state index in [4.69, 9.17) is 18.9 Å². The lowest BCUT2D eigenvalue weighted by molar-refractivity contribution is -0.157. The molecule has 4 atom stereocenters. The van der Waals surface area contributed by atoms with Crippen LogP contribution in [0.5, 0.6) is 0 Å². The van der Waals surface area contributed by atoms with Crippen LogP contribution in [0.2, 0.25) is 0 Å². The molecular weight excluding hydrogens is 442 g/mol. The Labute approximate surface area is 202 Å². The number of nitrogens with one attached hydrogen (secondary N) is 1. The largest absolute Gasteiger partial charge is 0.459 e. The van der Waals surface area contributed by atoms with Crippen molar-refractivity contribution < 1.29 is 38.1 Å². The summed E-state index contributed by atoms with van der Waals surface area (Å²) in [4.78, 5) is 47.0. The Balaban J connectivity index is 2.57. The summed E-state index contributed by atoms with van der Waals surface area (Å²) in [7, 11) is 0. The lowest BCUT2D eigenvalue weighted by atomic mass is 9.60. The topological polar surface area (TPSA) is 117 Å². The zero-order chi connectivity index (χ0) is 25.9. The highest BCUT2D eigenvalue weighted by atomic mass is 16.6. The summed E-state index contributed by atoms with van der Waals surface area (Å²) in [5.41, 5.74) is -0.268. The molecular formula is C25H39NO8. The van der Waals surface area contributed by atoms with Crippen molar-refractivity contribution >= 4 is 24.0 Å². The van der Waals surface area contributed by atoms with Gasteiger partial charge in [-0.2, -0.15) is 0 Å². The van der Waals surface area contributed by atoms with E-state index >= 15 is 0 Å².